The Morgan fingerprint density at radius 2 is 1.96 bits per heavy atom. The lowest BCUT2D eigenvalue weighted by Gasteiger charge is -2.32. The first kappa shape index (κ1) is 17.0. The third kappa shape index (κ3) is 4.15. The zero-order chi connectivity index (χ0) is 17.6. The van der Waals surface area contributed by atoms with Gasteiger partial charge in [0, 0.05) is 44.6 Å². The monoisotopic (exact) mass is 338 g/mol. The minimum absolute atomic E-state index is 0.0925. The summed E-state index contributed by atoms with van der Waals surface area (Å²) < 4.78 is 0. The summed E-state index contributed by atoms with van der Waals surface area (Å²) in [5.41, 5.74) is 3.74. The second-order valence-corrected chi connectivity index (χ2v) is 6.14. The predicted octanol–water partition coefficient (Wildman–Crippen LogP) is 1.92. The quantitative estimate of drug-likeness (QED) is 0.846. The molecule has 1 aliphatic heterocycles. The number of rotatable bonds is 5. The largest absolute Gasteiger partial charge is 0.381 e. The molecule has 0 bridgehead atoms. The van der Waals surface area contributed by atoms with E-state index in [1.54, 1.807) is 22.1 Å². The van der Waals surface area contributed by atoms with E-state index in [2.05, 4.69) is 29.4 Å². The summed E-state index contributed by atoms with van der Waals surface area (Å²) in [5, 5.41) is 3.35. The van der Waals surface area contributed by atoms with Crippen LogP contribution in [0.4, 0.5) is 5.69 Å². The Bertz CT molecular complexity index is 755. The van der Waals surface area contributed by atoms with Gasteiger partial charge in [-0.25, -0.2) is 0 Å². The molecule has 6 nitrogen and oxygen atoms in total. The second kappa shape index (κ2) is 7.79. The van der Waals surface area contributed by atoms with Crippen molar-refractivity contribution >= 4 is 18.0 Å². The zero-order valence-electron chi connectivity index (χ0n) is 14.3. The lowest BCUT2D eigenvalue weighted by molar-refractivity contribution is -0.119. The molecular formula is C19H22N4O2. The first-order valence-corrected chi connectivity index (χ1v) is 8.40. The molecule has 2 aromatic rings. The van der Waals surface area contributed by atoms with E-state index in [0.29, 0.717) is 38.4 Å². The molecule has 1 fully saturated rings. The lowest BCUT2D eigenvalue weighted by atomic mass is 10.1. The highest BCUT2D eigenvalue weighted by Gasteiger charge is 2.22. The maximum atomic E-state index is 12.6. The third-order valence-corrected chi connectivity index (χ3v) is 4.47. The van der Waals surface area contributed by atoms with Crippen molar-refractivity contribution in [2.45, 2.75) is 13.5 Å². The van der Waals surface area contributed by atoms with Gasteiger partial charge in [0.15, 0.2) is 0 Å². The number of amides is 2. The molecule has 130 valence electrons. The number of carbonyl (C=O) groups is 2. The van der Waals surface area contributed by atoms with E-state index < -0.39 is 0 Å². The molecule has 2 amide bonds. The Hall–Kier alpha value is -2.89. The van der Waals surface area contributed by atoms with E-state index >= 15 is 0 Å². The molecule has 3 rings (SSSR count). The van der Waals surface area contributed by atoms with Gasteiger partial charge in [-0.2, -0.15) is 0 Å². The summed E-state index contributed by atoms with van der Waals surface area (Å²) in [4.78, 5) is 31.0. The first-order valence-electron chi connectivity index (χ1n) is 8.40. The fourth-order valence-electron chi connectivity index (χ4n) is 2.86. The predicted molar refractivity (Wildman–Crippen MR) is 96.3 cm³/mol. The molecule has 1 saturated heterocycles. The van der Waals surface area contributed by atoms with Crippen LogP contribution in [0.2, 0.25) is 0 Å². The minimum atomic E-state index is -0.0925. The molecule has 25 heavy (non-hydrogen) atoms. The third-order valence-electron chi connectivity index (χ3n) is 4.47. The summed E-state index contributed by atoms with van der Waals surface area (Å²) in [7, 11) is 0. The Morgan fingerprint density at radius 3 is 2.68 bits per heavy atom. The number of aromatic nitrogens is 1. The lowest BCUT2D eigenvalue weighted by Crippen LogP contribution is -2.48. The van der Waals surface area contributed by atoms with E-state index in [4.69, 9.17) is 0 Å². The van der Waals surface area contributed by atoms with Gasteiger partial charge >= 0.3 is 0 Å². The van der Waals surface area contributed by atoms with Crippen LogP contribution in [0.1, 0.15) is 21.6 Å². The zero-order valence-corrected chi connectivity index (χ0v) is 14.3. The van der Waals surface area contributed by atoms with E-state index in [0.717, 1.165) is 12.1 Å². The van der Waals surface area contributed by atoms with Crippen LogP contribution in [0.25, 0.3) is 0 Å². The molecule has 0 saturated carbocycles. The Kier molecular flexibility index (Phi) is 5.28. The van der Waals surface area contributed by atoms with Gasteiger partial charge in [0.25, 0.3) is 5.91 Å². The van der Waals surface area contributed by atoms with Crippen molar-refractivity contribution in [2.24, 2.45) is 0 Å². The van der Waals surface area contributed by atoms with Crippen LogP contribution >= 0.6 is 0 Å². The van der Waals surface area contributed by atoms with Crippen LogP contribution in [0.5, 0.6) is 0 Å². The summed E-state index contributed by atoms with van der Waals surface area (Å²) in [6.07, 6.45) is 2.48. The average Bonchev–Trinajstić information content (AvgIpc) is 2.67. The van der Waals surface area contributed by atoms with Crippen molar-refractivity contribution in [3.8, 4) is 0 Å². The molecule has 0 atom stereocenters. The highest BCUT2D eigenvalue weighted by atomic mass is 16.2. The highest BCUT2D eigenvalue weighted by Crippen LogP contribution is 2.14. The molecule has 1 N–H and O–H groups in total. The molecule has 2 heterocycles. The normalized spacial score (nSPS) is 14.3. The summed E-state index contributed by atoms with van der Waals surface area (Å²) in [5.74, 6) is -0.0925. The van der Waals surface area contributed by atoms with Gasteiger partial charge in [-0.1, -0.05) is 24.3 Å². The fraction of sp³-hybridized carbons (Fsp3) is 0.316. The smallest absolute Gasteiger partial charge is 0.272 e. The highest BCUT2D eigenvalue weighted by molar-refractivity contribution is 5.93. The van der Waals surface area contributed by atoms with Gasteiger partial charge in [-0.05, 0) is 30.2 Å². The van der Waals surface area contributed by atoms with Crippen molar-refractivity contribution < 1.29 is 9.59 Å². The van der Waals surface area contributed by atoms with Crippen LogP contribution < -0.4 is 5.32 Å². The molecule has 6 heteroatoms. The van der Waals surface area contributed by atoms with E-state index in [9.17, 15) is 9.59 Å². The molecule has 0 unspecified atom stereocenters. The average molecular weight is 338 g/mol. The maximum Gasteiger partial charge on any atom is 0.272 e. The van der Waals surface area contributed by atoms with Crippen molar-refractivity contribution in [2.75, 3.05) is 31.5 Å². The van der Waals surface area contributed by atoms with Gasteiger partial charge in [0.2, 0.25) is 6.41 Å². The Balaban J connectivity index is 1.64. The number of pyridine rings is 1. The van der Waals surface area contributed by atoms with Crippen molar-refractivity contribution in [3.63, 3.8) is 0 Å². The second-order valence-electron chi connectivity index (χ2n) is 6.14. The summed E-state index contributed by atoms with van der Waals surface area (Å²) in [6.45, 7) is 5.00. The van der Waals surface area contributed by atoms with Crippen molar-refractivity contribution in [3.05, 3.63) is 59.4 Å². The SMILES string of the molecule is Cc1ccccc1CNc1ccnc(C(=O)N2CCN(C=O)CC2)c1. The van der Waals surface area contributed by atoms with Gasteiger partial charge in [0.1, 0.15) is 5.69 Å². The Labute approximate surface area is 147 Å². The first-order chi connectivity index (χ1) is 12.2. The molecule has 1 aromatic heterocycles. The molecule has 0 aliphatic carbocycles. The van der Waals surface area contributed by atoms with Gasteiger partial charge in [-0.15, -0.1) is 0 Å². The number of nitrogens with one attached hydrogen (secondary N) is 1. The van der Waals surface area contributed by atoms with Crippen LogP contribution in [0, 0.1) is 6.92 Å². The Morgan fingerprint density at radius 1 is 1.20 bits per heavy atom. The fourth-order valence-corrected chi connectivity index (χ4v) is 2.86. The van der Waals surface area contributed by atoms with Gasteiger partial charge in [0.05, 0.1) is 0 Å². The van der Waals surface area contributed by atoms with E-state index in [1.807, 2.05) is 18.2 Å². The minimum Gasteiger partial charge on any atom is -0.381 e. The van der Waals surface area contributed by atoms with Gasteiger partial charge in [-0.3, -0.25) is 14.6 Å². The number of hydrogen-bond acceptors (Lipinski definition) is 4. The van der Waals surface area contributed by atoms with Crippen LogP contribution in [-0.2, 0) is 11.3 Å². The van der Waals surface area contributed by atoms with E-state index in [-0.39, 0.29) is 5.91 Å². The number of aryl methyl sites for hydroxylation is 1. The van der Waals surface area contributed by atoms with Crippen LogP contribution in [0.15, 0.2) is 42.6 Å². The number of anilines is 1. The van der Waals surface area contributed by atoms with Crippen LogP contribution in [-0.4, -0.2) is 53.3 Å². The summed E-state index contributed by atoms with van der Waals surface area (Å²) in [6, 6.07) is 11.8. The molecular weight excluding hydrogens is 316 g/mol. The van der Waals surface area contributed by atoms with Crippen molar-refractivity contribution in [1.29, 1.82) is 0 Å². The number of piperazine rings is 1. The summed E-state index contributed by atoms with van der Waals surface area (Å²) >= 11 is 0. The van der Waals surface area contributed by atoms with Crippen molar-refractivity contribution in [1.82, 2.24) is 14.8 Å². The standard InChI is InChI=1S/C19H22N4O2/c1-15-4-2-3-5-16(15)13-21-17-6-7-20-18(12-17)19(25)23-10-8-22(14-24)9-11-23/h2-7,12,14H,8-11,13H2,1H3,(H,20,21). The number of carbonyl (C=O) groups excluding carboxylic acids is 2. The number of benzene rings is 1. The van der Waals surface area contributed by atoms with Gasteiger partial charge < -0.3 is 15.1 Å². The number of nitrogens with zero attached hydrogens (tertiary/aromatic N) is 3. The molecule has 1 aromatic carbocycles. The van der Waals surface area contributed by atoms with Crippen LogP contribution in [0.3, 0.4) is 0 Å². The number of hydrogen-bond donors (Lipinski definition) is 1. The topological polar surface area (TPSA) is 65.5 Å². The molecule has 1 aliphatic rings. The molecule has 0 radical (unpaired) electrons. The molecule has 0 spiro atoms. The maximum absolute atomic E-state index is 12.6. The van der Waals surface area contributed by atoms with E-state index in [1.165, 1.54) is 11.1 Å².